The van der Waals surface area contributed by atoms with Crippen molar-refractivity contribution in [3.8, 4) is 17.2 Å². The van der Waals surface area contributed by atoms with Gasteiger partial charge in [0, 0.05) is 25.4 Å². The summed E-state index contributed by atoms with van der Waals surface area (Å²) in [5.41, 5.74) is 1.17. The minimum absolute atomic E-state index is 0. The summed E-state index contributed by atoms with van der Waals surface area (Å²) in [5.74, 6) is 3.44. The summed E-state index contributed by atoms with van der Waals surface area (Å²) in [6.07, 6.45) is 4.48. The number of methoxy groups -OCH3 is 1. The van der Waals surface area contributed by atoms with Crippen LogP contribution in [-0.4, -0.2) is 29.4 Å². The van der Waals surface area contributed by atoms with Crippen molar-refractivity contribution in [1.82, 2.24) is 9.55 Å². The van der Waals surface area contributed by atoms with Crippen LogP contribution >= 0.6 is 12.4 Å². The third-order valence-electron chi connectivity index (χ3n) is 4.27. The maximum Gasteiger partial charge on any atom is 0.161 e. The highest BCUT2D eigenvalue weighted by Gasteiger charge is 2.22. The predicted octanol–water partition coefficient (Wildman–Crippen LogP) is 3.74. The van der Waals surface area contributed by atoms with Crippen molar-refractivity contribution in [1.29, 1.82) is 0 Å². The SMILES string of the molecule is COc1cccc(Cn2ccnc2CC2COc3ccccc3O2)c1.Cl. The summed E-state index contributed by atoms with van der Waals surface area (Å²) in [7, 11) is 1.68. The first-order chi connectivity index (χ1) is 12.3. The minimum atomic E-state index is -0.0404. The van der Waals surface area contributed by atoms with E-state index in [0.717, 1.165) is 29.6 Å². The Hall–Kier alpha value is -2.66. The maximum absolute atomic E-state index is 6.05. The maximum atomic E-state index is 6.05. The molecule has 26 heavy (non-hydrogen) atoms. The van der Waals surface area contributed by atoms with Gasteiger partial charge >= 0.3 is 0 Å². The highest BCUT2D eigenvalue weighted by atomic mass is 35.5. The van der Waals surface area contributed by atoms with Crippen LogP contribution < -0.4 is 14.2 Å². The molecule has 1 aliphatic heterocycles. The van der Waals surface area contributed by atoms with Gasteiger partial charge in [0.1, 0.15) is 24.3 Å². The number of halogens is 1. The summed E-state index contributed by atoms with van der Waals surface area (Å²) in [5, 5.41) is 0. The van der Waals surface area contributed by atoms with Gasteiger partial charge in [0.2, 0.25) is 0 Å². The third kappa shape index (κ3) is 3.94. The molecule has 0 spiro atoms. The number of nitrogens with zero attached hydrogens (tertiary/aromatic N) is 2. The summed E-state index contributed by atoms with van der Waals surface area (Å²) >= 11 is 0. The molecule has 0 aliphatic carbocycles. The summed E-state index contributed by atoms with van der Waals surface area (Å²) in [4.78, 5) is 4.50. The smallest absolute Gasteiger partial charge is 0.161 e. The van der Waals surface area contributed by atoms with Crippen molar-refractivity contribution in [3.05, 3.63) is 72.3 Å². The Morgan fingerprint density at radius 3 is 2.85 bits per heavy atom. The zero-order valence-corrected chi connectivity index (χ0v) is 15.3. The van der Waals surface area contributed by atoms with Gasteiger partial charge in [0.15, 0.2) is 11.5 Å². The van der Waals surface area contributed by atoms with Crippen LogP contribution in [0.5, 0.6) is 17.2 Å². The van der Waals surface area contributed by atoms with Crippen LogP contribution in [-0.2, 0) is 13.0 Å². The lowest BCUT2D eigenvalue weighted by atomic mass is 10.2. The lowest BCUT2D eigenvalue weighted by molar-refractivity contribution is 0.0893. The first kappa shape index (κ1) is 18.1. The Kier molecular flexibility index (Phi) is 5.68. The Bertz CT molecular complexity index is 866. The van der Waals surface area contributed by atoms with Gasteiger partial charge in [-0.15, -0.1) is 12.4 Å². The molecule has 2 heterocycles. The topological polar surface area (TPSA) is 45.5 Å². The van der Waals surface area contributed by atoms with E-state index in [2.05, 4.69) is 15.6 Å². The number of hydrogen-bond donors (Lipinski definition) is 0. The monoisotopic (exact) mass is 372 g/mol. The van der Waals surface area contributed by atoms with Crippen molar-refractivity contribution in [3.63, 3.8) is 0 Å². The molecule has 0 saturated carbocycles. The molecule has 0 amide bonds. The number of rotatable bonds is 5. The van der Waals surface area contributed by atoms with Gasteiger partial charge in [-0.05, 0) is 29.8 Å². The van der Waals surface area contributed by atoms with Crippen molar-refractivity contribution < 1.29 is 14.2 Å². The summed E-state index contributed by atoms with van der Waals surface area (Å²) in [6.45, 7) is 1.28. The lowest BCUT2D eigenvalue weighted by Gasteiger charge is -2.26. The normalized spacial score (nSPS) is 15.2. The van der Waals surface area contributed by atoms with Crippen LogP contribution in [0.4, 0.5) is 0 Å². The number of ether oxygens (including phenoxy) is 3. The molecule has 1 aliphatic rings. The van der Waals surface area contributed by atoms with Gasteiger partial charge < -0.3 is 18.8 Å². The summed E-state index contributed by atoms with van der Waals surface area (Å²) < 4.78 is 19.3. The second-order valence-electron chi connectivity index (χ2n) is 6.02. The largest absolute Gasteiger partial charge is 0.497 e. The predicted molar refractivity (Wildman–Crippen MR) is 102 cm³/mol. The van der Waals surface area contributed by atoms with Crippen LogP contribution in [0.15, 0.2) is 60.9 Å². The van der Waals surface area contributed by atoms with Gasteiger partial charge in [0.25, 0.3) is 0 Å². The number of hydrogen-bond acceptors (Lipinski definition) is 4. The lowest BCUT2D eigenvalue weighted by Crippen LogP contribution is -2.32. The molecule has 6 heteroatoms. The number of fused-ring (bicyclic) bond motifs is 1. The van der Waals surface area contributed by atoms with Gasteiger partial charge in [-0.25, -0.2) is 4.98 Å². The van der Waals surface area contributed by atoms with E-state index in [9.17, 15) is 0 Å². The standard InChI is InChI=1S/C20H20N2O3.ClH/c1-23-16-6-4-5-15(11-16)13-22-10-9-21-20(22)12-17-14-24-18-7-2-3-8-19(18)25-17;/h2-11,17H,12-14H2,1H3;1H. The molecule has 0 N–H and O–H groups in total. The fraction of sp³-hybridized carbons (Fsp3) is 0.250. The van der Waals surface area contributed by atoms with E-state index in [1.165, 1.54) is 5.56 Å². The van der Waals surface area contributed by atoms with Crippen molar-refractivity contribution in [2.75, 3.05) is 13.7 Å². The first-order valence-corrected chi connectivity index (χ1v) is 8.33. The minimum Gasteiger partial charge on any atom is -0.497 e. The molecule has 0 bridgehead atoms. The molecule has 1 unspecified atom stereocenters. The molecule has 0 fully saturated rings. The average molecular weight is 373 g/mol. The van der Waals surface area contributed by atoms with E-state index in [1.54, 1.807) is 7.11 Å². The number of para-hydroxylation sites is 2. The molecule has 3 aromatic rings. The van der Waals surface area contributed by atoms with Gasteiger partial charge in [-0.3, -0.25) is 0 Å². The average Bonchev–Trinajstić information content (AvgIpc) is 3.08. The van der Waals surface area contributed by atoms with E-state index in [4.69, 9.17) is 14.2 Å². The molecule has 5 nitrogen and oxygen atoms in total. The van der Waals surface area contributed by atoms with E-state index in [1.807, 2.05) is 54.9 Å². The highest BCUT2D eigenvalue weighted by molar-refractivity contribution is 5.85. The third-order valence-corrected chi connectivity index (χ3v) is 4.27. The zero-order valence-electron chi connectivity index (χ0n) is 14.5. The molecular weight excluding hydrogens is 352 g/mol. The molecule has 136 valence electrons. The van der Waals surface area contributed by atoms with Crippen LogP contribution in [0.3, 0.4) is 0 Å². The Balaban J connectivity index is 0.00000196. The van der Waals surface area contributed by atoms with Gasteiger partial charge in [0.05, 0.1) is 7.11 Å². The van der Waals surface area contributed by atoms with Crippen molar-refractivity contribution >= 4 is 12.4 Å². The zero-order chi connectivity index (χ0) is 17.1. The van der Waals surface area contributed by atoms with Crippen LogP contribution in [0.2, 0.25) is 0 Å². The quantitative estimate of drug-likeness (QED) is 0.684. The van der Waals surface area contributed by atoms with Gasteiger partial charge in [-0.1, -0.05) is 24.3 Å². The molecule has 1 atom stereocenters. The fourth-order valence-corrected chi connectivity index (χ4v) is 3.01. The second kappa shape index (κ2) is 8.15. The number of aromatic nitrogens is 2. The van der Waals surface area contributed by atoms with E-state index in [0.29, 0.717) is 13.0 Å². The van der Waals surface area contributed by atoms with E-state index < -0.39 is 0 Å². The van der Waals surface area contributed by atoms with Crippen LogP contribution in [0.25, 0.3) is 0 Å². The number of imidazole rings is 1. The van der Waals surface area contributed by atoms with E-state index >= 15 is 0 Å². The fourth-order valence-electron chi connectivity index (χ4n) is 3.01. The second-order valence-corrected chi connectivity index (χ2v) is 6.02. The molecular formula is C20H21ClN2O3. The molecule has 2 aromatic carbocycles. The number of benzene rings is 2. The van der Waals surface area contributed by atoms with Crippen molar-refractivity contribution in [2.24, 2.45) is 0 Å². The molecule has 4 rings (SSSR count). The van der Waals surface area contributed by atoms with E-state index in [-0.39, 0.29) is 18.5 Å². The van der Waals surface area contributed by atoms with Crippen LogP contribution in [0.1, 0.15) is 11.4 Å². The Morgan fingerprint density at radius 2 is 2.00 bits per heavy atom. The Labute approximate surface area is 158 Å². The molecule has 1 aromatic heterocycles. The van der Waals surface area contributed by atoms with Crippen LogP contribution in [0, 0.1) is 0 Å². The first-order valence-electron chi connectivity index (χ1n) is 8.33. The highest BCUT2D eigenvalue weighted by Crippen LogP contribution is 2.31. The van der Waals surface area contributed by atoms with Gasteiger partial charge in [-0.2, -0.15) is 0 Å². The summed E-state index contributed by atoms with van der Waals surface area (Å²) in [6, 6.07) is 15.8. The van der Waals surface area contributed by atoms with Crippen molar-refractivity contribution in [2.45, 2.75) is 19.1 Å². The molecule has 0 radical (unpaired) electrons. The Morgan fingerprint density at radius 1 is 1.15 bits per heavy atom. The molecule has 0 saturated heterocycles.